The highest BCUT2D eigenvalue weighted by molar-refractivity contribution is 6.02. The number of nitrogens with zero attached hydrogens (tertiary/aromatic N) is 3. The summed E-state index contributed by atoms with van der Waals surface area (Å²) in [5.41, 5.74) is 3.10. The van der Waals surface area contributed by atoms with Crippen molar-refractivity contribution in [3.63, 3.8) is 0 Å². The Labute approximate surface area is 143 Å². The average molecular weight is 336 g/mol. The van der Waals surface area contributed by atoms with E-state index in [0.717, 1.165) is 17.5 Å². The molecule has 0 saturated heterocycles. The summed E-state index contributed by atoms with van der Waals surface area (Å²) in [6.07, 6.45) is 5.76. The van der Waals surface area contributed by atoms with Gasteiger partial charge in [-0.15, -0.1) is 0 Å². The maximum absolute atomic E-state index is 12.1. The minimum absolute atomic E-state index is 0.169. The second-order valence-electron chi connectivity index (χ2n) is 5.48. The third-order valence-corrected chi connectivity index (χ3v) is 3.54. The molecule has 7 heteroatoms. The molecule has 0 aliphatic rings. The molecule has 1 amide bonds. The monoisotopic (exact) mass is 336 g/mol. The Morgan fingerprint density at radius 1 is 1.00 bits per heavy atom. The maximum Gasteiger partial charge on any atom is 0.325 e. The van der Waals surface area contributed by atoms with E-state index in [1.54, 1.807) is 12.4 Å². The molecular weight excluding hydrogens is 320 g/mol. The lowest BCUT2D eigenvalue weighted by molar-refractivity contribution is -0.137. The van der Waals surface area contributed by atoms with E-state index in [9.17, 15) is 9.59 Å². The van der Waals surface area contributed by atoms with E-state index >= 15 is 0 Å². The summed E-state index contributed by atoms with van der Waals surface area (Å²) in [7, 11) is 0. The van der Waals surface area contributed by atoms with Gasteiger partial charge in [0.05, 0.1) is 0 Å². The highest BCUT2D eigenvalue weighted by Crippen LogP contribution is 2.14. The fourth-order valence-electron chi connectivity index (χ4n) is 2.35. The molecule has 0 aliphatic heterocycles. The van der Waals surface area contributed by atoms with Crippen LogP contribution in [0.2, 0.25) is 0 Å². The van der Waals surface area contributed by atoms with E-state index < -0.39 is 5.97 Å². The summed E-state index contributed by atoms with van der Waals surface area (Å²) in [5, 5.41) is 15.4. The van der Waals surface area contributed by atoms with Crippen LogP contribution in [-0.4, -0.2) is 31.7 Å². The topological polar surface area (TPSA) is 97.1 Å². The first kappa shape index (κ1) is 16.4. The van der Waals surface area contributed by atoms with Gasteiger partial charge in [-0.25, -0.2) is 0 Å². The van der Waals surface area contributed by atoms with Crippen molar-refractivity contribution in [1.29, 1.82) is 0 Å². The lowest BCUT2D eigenvalue weighted by Crippen LogP contribution is -2.15. The van der Waals surface area contributed by atoms with Gasteiger partial charge in [0.25, 0.3) is 5.91 Å². The standard InChI is InChI=1S/C18H16N4O3/c23-17(24)12-22-10-7-16(21-22)18(25)20-15-3-1-13(2-4-15)11-14-5-8-19-9-6-14/h1-10H,11-12H2,(H,20,25)(H,23,24). The van der Waals surface area contributed by atoms with Crippen molar-refractivity contribution in [2.45, 2.75) is 13.0 Å². The van der Waals surface area contributed by atoms with Crippen LogP contribution in [0.1, 0.15) is 21.6 Å². The van der Waals surface area contributed by atoms with Crippen LogP contribution in [0, 0.1) is 0 Å². The van der Waals surface area contributed by atoms with Gasteiger partial charge in [-0.3, -0.25) is 19.3 Å². The third-order valence-electron chi connectivity index (χ3n) is 3.54. The first-order valence-electron chi connectivity index (χ1n) is 7.64. The zero-order chi connectivity index (χ0) is 17.6. The summed E-state index contributed by atoms with van der Waals surface area (Å²) in [6, 6.07) is 12.9. The van der Waals surface area contributed by atoms with Gasteiger partial charge in [-0.2, -0.15) is 5.10 Å². The summed E-state index contributed by atoms with van der Waals surface area (Å²) < 4.78 is 1.20. The Hall–Kier alpha value is -3.48. The minimum Gasteiger partial charge on any atom is -0.480 e. The second-order valence-corrected chi connectivity index (χ2v) is 5.48. The molecule has 0 atom stereocenters. The average Bonchev–Trinajstić information content (AvgIpc) is 3.05. The van der Waals surface area contributed by atoms with Crippen molar-refractivity contribution in [3.8, 4) is 0 Å². The van der Waals surface area contributed by atoms with Crippen LogP contribution in [0.4, 0.5) is 5.69 Å². The van der Waals surface area contributed by atoms with Crippen LogP contribution in [0.15, 0.2) is 61.1 Å². The Morgan fingerprint density at radius 3 is 2.36 bits per heavy atom. The van der Waals surface area contributed by atoms with Gasteiger partial charge in [0.2, 0.25) is 0 Å². The van der Waals surface area contributed by atoms with Crippen molar-refractivity contribution in [3.05, 3.63) is 77.9 Å². The van der Waals surface area contributed by atoms with Gasteiger partial charge >= 0.3 is 5.97 Å². The molecule has 0 bridgehead atoms. The van der Waals surface area contributed by atoms with Gasteiger partial charge in [0.15, 0.2) is 5.69 Å². The minimum atomic E-state index is -1.01. The number of aromatic nitrogens is 3. The number of nitrogens with one attached hydrogen (secondary N) is 1. The normalized spacial score (nSPS) is 10.4. The number of anilines is 1. The van der Waals surface area contributed by atoms with E-state index in [-0.39, 0.29) is 18.1 Å². The molecular formula is C18H16N4O3. The lowest BCUT2D eigenvalue weighted by atomic mass is 10.1. The zero-order valence-corrected chi connectivity index (χ0v) is 13.3. The number of rotatable bonds is 6. The second kappa shape index (κ2) is 7.39. The number of carboxylic acids is 1. The number of benzene rings is 1. The Kier molecular flexibility index (Phi) is 4.84. The van der Waals surface area contributed by atoms with Crippen molar-refractivity contribution < 1.29 is 14.7 Å². The van der Waals surface area contributed by atoms with Crippen LogP contribution in [0.25, 0.3) is 0 Å². The van der Waals surface area contributed by atoms with Gasteiger partial charge in [-0.05, 0) is 47.9 Å². The van der Waals surface area contributed by atoms with Crippen molar-refractivity contribution >= 4 is 17.6 Å². The molecule has 3 rings (SSSR count). The van der Waals surface area contributed by atoms with Crippen molar-refractivity contribution in [1.82, 2.24) is 14.8 Å². The van der Waals surface area contributed by atoms with Crippen molar-refractivity contribution in [2.24, 2.45) is 0 Å². The molecule has 2 aromatic heterocycles. The number of pyridine rings is 1. The van der Waals surface area contributed by atoms with Gasteiger partial charge < -0.3 is 10.4 Å². The molecule has 0 saturated carbocycles. The summed E-state index contributed by atoms with van der Waals surface area (Å²) in [6.45, 7) is -0.281. The molecule has 1 aromatic carbocycles. The Bertz CT molecular complexity index is 873. The van der Waals surface area contributed by atoms with Crippen molar-refractivity contribution in [2.75, 3.05) is 5.32 Å². The number of hydrogen-bond acceptors (Lipinski definition) is 4. The molecule has 3 aromatic rings. The van der Waals surface area contributed by atoms with Crippen LogP contribution in [0.3, 0.4) is 0 Å². The summed E-state index contributed by atoms with van der Waals surface area (Å²) in [4.78, 5) is 26.8. The van der Waals surface area contributed by atoms with Gasteiger partial charge in [0, 0.05) is 24.3 Å². The molecule has 0 aliphatic carbocycles. The maximum atomic E-state index is 12.1. The molecule has 126 valence electrons. The van der Waals surface area contributed by atoms with E-state index in [1.807, 2.05) is 36.4 Å². The van der Waals surface area contributed by atoms with E-state index in [0.29, 0.717) is 5.69 Å². The number of carbonyl (C=O) groups is 2. The number of aliphatic carboxylic acids is 1. The largest absolute Gasteiger partial charge is 0.480 e. The van der Waals surface area contributed by atoms with Gasteiger partial charge in [0.1, 0.15) is 6.54 Å². The first-order chi connectivity index (χ1) is 12.1. The number of carbonyl (C=O) groups excluding carboxylic acids is 1. The number of carboxylic acid groups (broad SMARTS) is 1. The molecule has 2 N–H and O–H groups in total. The molecule has 0 radical (unpaired) electrons. The first-order valence-corrected chi connectivity index (χ1v) is 7.64. The molecule has 0 spiro atoms. The van der Waals surface area contributed by atoms with E-state index in [2.05, 4.69) is 15.4 Å². The lowest BCUT2D eigenvalue weighted by Gasteiger charge is -2.06. The predicted molar refractivity (Wildman–Crippen MR) is 91.3 cm³/mol. The van der Waals surface area contributed by atoms with Gasteiger partial charge in [-0.1, -0.05) is 12.1 Å². The molecule has 0 fully saturated rings. The molecule has 7 nitrogen and oxygen atoms in total. The smallest absolute Gasteiger partial charge is 0.325 e. The fraction of sp³-hybridized carbons (Fsp3) is 0.111. The van der Waals surface area contributed by atoms with E-state index in [1.165, 1.54) is 16.9 Å². The Balaban J connectivity index is 1.62. The summed E-state index contributed by atoms with van der Waals surface area (Å²) >= 11 is 0. The quantitative estimate of drug-likeness (QED) is 0.719. The predicted octanol–water partition coefficient (Wildman–Crippen LogP) is 2.21. The highest BCUT2D eigenvalue weighted by Gasteiger charge is 2.11. The zero-order valence-electron chi connectivity index (χ0n) is 13.3. The Morgan fingerprint density at radius 2 is 1.68 bits per heavy atom. The highest BCUT2D eigenvalue weighted by atomic mass is 16.4. The van der Waals surface area contributed by atoms with Crippen LogP contribution >= 0.6 is 0 Å². The number of amides is 1. The SMILES string of the molecule is O=C(O)Cn1ccc(C(=O)Nc2ccc(Cc3ccncc3)cc2)n1. The van der Waals surface area contributed by atoms with Crippen LogP contribution in [-0.2, 0) is 17.8 Å². The van der Waals surface area contributed by atoms with Crippen LogP contribution in [0.5, 0.6) is 0 Å². The molecule has 25 heavy (non-hydrogen) atoms. The molecule has 2 heterocycles. The fourth-order valence-corrected chi connectivity index (χ4v) is 2.35. The number of hydrogen-bond donors (Lipinski definition) is 2. The third kappa shape index (κ3) is 4.51. The van der Waals surface area contributed by atoms with E-state index in [4.69, 9.17) is 5.11 Å². The summed E-state index contributed by atoms with van der Waals surface area (Å²) in [5.74, 6) is -1.40. The molecule has 0 unspecified atom stereocenters. The van der Waals surface area contributed by atoms with Crippen LogP contribution < -0.4 is 5.32 Å².